The van der Waals surface area contributed by atoms with Crippen molar-refractivity contribution in [1.29, 1.82) is 0 Å². The second kappa shape index (κ2) is 9.20. The summed E-state index contributed by atoms with van der Waals surface area (Å²) in [5.41, 5.74) is -0.639. The Morgan fingerprint density at radius 2 is 1.74 bits per heavy atom. The number of carbonyl (C=O) groups is 3. The van der Waals surface area contributed by atoms with Crippen molar-refractivity contribution in [3.05, 3.63) is 60.2 Å². The first-order valence-electron chi connectivity index (χ1n) is 9.81. The van der Waals surface area contributed by atoms with Gasteiger partial charge in [-0.1, -0.05) is 30.3 Å². The maximum Gasteiger partial charge on any atom is 0.418 e. The largest absolute Gasteiger partial charge is 0.418 e. The second-order valence-corrected chi connectivity index (χ2v) is 7.18. The molecule has 0 aliphatic carbocycles. The number of alkyl halides is 3. The van der Waals surface area contributed by atoms with Crippen LogP contribution < -0.4 is 10.2 Å². The van der Waals surface area contributed by atoms with E-state index < -0.39 is 30.1 Å². The minimum absolute atomic E-state index is 0.0166. The molecule has 6 nitrogen and oxygen atoms in total. The summed E-state index contributed by atoms with van der Waals surface area (Å²) in [5.74, 6) is -1.93. The van der Waals surface area contributed by atoms with Gasteiger partial charge in [0, 0.05) is 25.2 Å². The Hall–Kier alpha value is -3.36. The summed E-state index contributed by atoms with van der Waals surface area (Å²) in [4.78, 5) is 40.4. The zero-order valence-corrected chi connectivity index (χ0v) is 16.9. The summed E-state index contributed by atoms with van der Waals surface area (Å²) in [6.07, 6.45) is -4.60. The van der Waals surface area contributed by atoms with E-state index in [0.717, 1.165) is 12.1 Å². The molecule has 0 radical (unpaired) electrons. The molecule has 1 saturated heterocycles. The summed E-state index contributed by atoms with van der Waals surface area (Å²) in [6.45, 7) is 1.64. The van der Waals surface area contributed by atoms with Crippen molar-refractivity contribution >= 4 is 29.1 Å². The third-order valence-corrected chi connectivity index (χ3v) is 5.08. The molecule has 3 rings (SSSR count). The number of benzene rings is 2. The molecule has 1 fully saturated rings. The van der Waals surface area contributed by atoms with Gasteiger partial charge in [0.2, 0.25) is 17.7 Å². The lowest BCUT2D eigenvalue weighted by molar-refractivity contribution is -0.138. The van der Waals surface area contributed by atoms with Crippen molar-refractivity contribution in [3.8, 4) is 0 Å². The lowest BCUT2D eigenvalue weighted by Gasteiger charge is -2.24. The molecule has 0 bridgehead atoms. The van der Waals surface area contributed by atoms with E-state index in [0.29, 0.717) is 5.69 Å². The van der Waals surface area contributed by atoms with Gasteiger partial charge in [-0.3, -0.25) is 14.4 Å². The van der Waals surface area contributed by atoms with Gasteiger partial charge in [0.15, 0.2) is 0 Å². The molecule has 1 atom stereocenters. The minimum atomic E-state index is -4.62. The van der Waals surface area contributed by atoms with Crippen molar-refractivity contribution in [2.45, 2.75) is 19.5 Å². The highest BCUT2D eigenvalue weighted by Crippen LogP contribution is 2.34. The first kappa shape index (κ1) is 22.3. The Labute approximate surface area is 177 Å². The zero-order valence-electron chi connectivity index (χ0n) is 16.9. The highest BCUT2D eigenvalue weighted by Gasteiger charge is 2.37. The third kappa shape index (κ3) is 5.22. The van der Waals surface area contributed by atoms with Gasteiger partial charge in [0.25, 0.3) is 0 Å². The van der Waals surface area contributed by atoms with Crippen LogP contribution in [-0.4, -0.2) is 42.3 Å². The average molecular weight is 433 g/mol. The highest BCUT2D eigenvalue weighted by atomic mass is 19.4. The zero-order chi connectivity index (χ0) is 22.6. The average Bonchev–Trinajstić information content (AvgIpc) is 3.13. The number of carbonyl (C=O) groups excluding carboxylic acids is 3. The maximum absolute atomic E-state index is 13.1. The molecule has 2 aromatic carbocycles. The van der Waals surface area contributed by atoms with Crippen LogP contribution >= 0.6 is 0 Å². The predicted octanol–water partition coefficient (Wildman–Crippen LogP) is 3.55. The summed E-state index contributed by atoms with van der Waals surface area (Å²) < 4.78 is 39.4. The molecule has 1 aliphatic rings. The topological polar surface area (TPSA) is 69.7 Å². The van der Waals surface area contributed by atoms with Crippen LogP contribution in [0.4, 0.5) is 24.5 Å². The van der Waals surface area contributed by atoms with Gasteiger partial charge >= 0.3 is 6.18 Å². The van der Waals surface area contributed by atoms with Gasteiger partial charge < -0.3 is 15.1 Å². The fraction of sp³-hybridized carbons (Fsp3) is 0.318. The molecule has 1 heterocycles. The number of nitrogens with zero attached hydrogens (tertiary/aromatic N) is 2. The van der Waals surface area contributed by atoms with Crippen LogP contribution in [-0.2, 0) is 20.6 Å². The Morgan fingerprint density at radius 3 is 2.39 bits per heavy atom. The first-order valence-corrected chi connectivity index (χ1v) is 9.81. The summed E-state index contributed by atoms with van der Waals surface area (Å²) in [6, 6.07) is 13.6. The summed E-state index contributed by atoms with van der Waals surface area (Å²) in [5, 5.41) is 2.24. The van der Waals surface area contributed by atoms with Crippen LogP contribution in [0.25, 0.3) is 0 Å². The molecular formula is C22H22F3N3O3. The number of rotatable bonds is 6. The van der Waals surface area contributed by atoms with Crippen molar-refractivity contribution in [2.24, 2.45) is 5.92 Å². The van der Waals surface area contributed by atoms with Crippen molar-refractivity contribution < 1.29 is 27.6 Å². The molecule has 1 unspecified atom stereocenters. The molecule has 1 N–H and O–H groups in total. The van der Waals surface area contributed by atoms with E-state index in [1.165, 1.54) is 21.9 Å². The lowest BCUT2D eigenvalue weighted by atomic mass is 10.1. The van der Waals surface area contributed by atoms with Gasteiger partial charge in [-0.2, -0.15) is 13.2 Å². The smallest absolute Gasteiger partial charge is 0.333 e. The molecule has 1 aliphatic heterocycles. The number of para-hydroxylation sites is 2. The molecule has 164 valence electrons. The van der Waals surface area contributed by atoms with E-state index in [-0.39, 0.29) is 37.0 Å². The Morgan fingerprint density at radius 1 is 1.10 bits per heavy atom. The van der Waals surface area contributed by atoms with E-state index >= 15 is 0 Å². The van der Waals surface area contributed by atoms with Crippen LogP contribution in [0.2, 0.25) is 0 Å². The van der Waals surface area contributed by atoms with E-state index in [1.807, 2.05) is 6.07 Å². The summed E-state index contributed by atoms with van der Waals surface area (Å²) in [7, 11) is 0. The van der Waals surface area contributed by atoms with E-state index in [9.17, 15) is 27.6 Å². The minimum Gasteiger partial charge on any atom is -0.333 e. The van der Waals surface area contributed by atoms with E-state index in [4.69, 9.17) is 0 Å². The normalized spacial score (nSPS) is 16.3. The SMILES string of the molecule is CCN(CC(=O)Nc1ccccc1C(F)(F)F)C(=O)C1CC(=O)N(c2ccccc2)C1. The maximum atomic E-state index is 13.1. The number of nitrogens with one attached hydrogen (secondary N) is 1. The number of hydrogen-bond acceptors (Lipinski definition) is 3. The number of halogens is 3. The fourth-order valence-corrected chi connectivity index (χ4v) is 3.54. The molecule has 0 aromatic heterocycles. The van der Waals surface area contributed by atoms with Crippen LogP contribution in [0.15, 0.2) is 54.6 Å². The Kier molecular flexibility index (Phi) is 6.62. The summed E-state index contributed by atoms with van der Waals surface area (Å²) >= 11 is 0. The van der Waals surface area contributed by atoms with E-state index in [1.54, 1.807) is 31.2 Å². The van der Waals surface area contributed by atoms with Gasteiger partial charge in [-0.25, -0.2) is 0 Å². The monoisotopic (exact) mass is 433 g/mol. The number of hydrogen-bond donors (Lipinski definition) is 1. The van der Waals surface area contributed by atoms with Crippen molar-refractivity contribution in [1.82, 2.24) is 4.90 Å². The first-order chi connectivity index (χ1) is 14.7. The van der Waals surface area contributed by atoms with Crippen LogP contribution in [0.1, 0.15) is 18.9 Å². The Balaban J connectivity index is 1.66. The quantitative estimate of drug-likeness (QED) is 0.758. The van der Waals surface area contributed by atoms with E-state index in [2.05, 4.69) is 5.32 Å². The van der Waals surface area contributed by atoms with Gasteiger partial charge in [-0.15, -0.1) is 0 Å². The molecule has 0 spiro atoms. The fourth-order valence-electron chi connectivity index (χ4n) is 3.54. The van der Waals surface area contributed by atoms with Crippen molar-refractivity contribution in [3.63, 3.8) is 0 Å². The molecule has 9 heteroatoms. The third-order valence-electron chi connectivity index (χ3n) is 5.08. The molecule has 3 amide bonds. The number of anilines is 2. The lowest BCUT2D eigenvalue weighted by Crippen LogP contribution is -2.42. The molecule has 2 aromatic rings. The molecule has 31 heavy (non-hydrogen) atoms. The Bertz CT molecular complexity index is 963. The number of amides is 3. The number of likely N-dealkylation sites (N-methyl/N-ethyl adjacent to an activating group) is 1. The van der Waals surface area contributed by atoms with Gasteiger partial charge in [0.05, 0.1) is 23.7 Å². The predicted molar refractivity (Wildman–Crippen MR) is 109 cm³/mol. The molecule has 0 saturated carbocycles. The molecular weight excluding hydrogens is 411 g/mol. The van der Waals surface area contributed by atoms with Gasteiger partial charge in [-0.05, 0) is 31.2 Å². The highest BCUT2D eigenvalue weighted by molar-refractivity contribution is 6.01. The second-order valence-electron chi connectivity index (χ2n) is 7.18. The van der Waals surface area contributed by atoms with Gasteiger partial charge in [0.1, 0.15) is 0 Å². The van der Waals surface area contributed by atoms with Crippen LogP contribution in [0, 0.1) is 5.92 Å². The van der Waals surface area contributed by atoms with Crippen LogP contribution in [0.3, 0.4) is 0 Å². The standard InChI is InChI=1S/C22H22F3N3O3/c1-2-27(14-19(29)26-18-11-7-6-10-17(18)22(23,24)25)21(31)15-12-20(30)28(13-15)16-8-4-3-5-9-16/h3-11,15H,2,12-14H2,1H3,(H,26,29). The van der Waals surface area contributed by atoms with Crippen molar-refractivity contribution in [2.75, 3.05) is 29.9 Å². The van der Waals surface area contributed by atoms with Crippen LogP contribution in [0.5, 0.6) is 0 Å².